The van der Waals surface area contributed by atoms with Gasteiger partial charge in [0.2, 0.25) is 0 Å². The molecule has 1 N–H and O–H groups in total. The first-order valence-corrected chi connectivity index (χ1v) is 4.52. The smallest absolute Gasteiger partial charge is 0.124 e. The molecule has 1 unspecified atom stereocenters. The number of hydrogen-bond donors (Lipinski definition) is 1. The first-order chi connectivity index (χ1) is 6.00. The van der Waals surface area contributed by atoms with Crippen LogP contribution in [0.2, 0.25) is 0 Å². The van der Waals surface area contributed by atoms with Gasteiger partial charge in [-0.1, -0.05) is 6.92 Å². The minimum Gasteiger partial charge on any atom is -0.508 e. The van der Waals surface area contributed by atoms with E-state index in [-0.39, 0.29) is 5.60 Å². The summed E-state index contributed by atoms with van der Waals surface area (Å²) in [5, 5.41) is 9.33. The van der Waals surface area contributed by atoms with Crippen LogP contribution in [-0.4, -0.2) is 10.7 Å². The average molecular weight is 178 g/mol. The lowest BCUT2D eigenvalue weighted by atomic mass is 9.89. The molecule has 2 heteroatoms. The topological polar surface area (TPSA) is 29.5 Å². The van der Waals surface area contributed by atoms with E-state index < -0.39 is 0 Å². The fourth-order valence-corrected chi connectivity index (χ4v) is 1.71. The number of phenolic OH excluding ortho intramolecular Hbond substituents is 1. The lowest BCUT2D eigenvalue weighted by molar-refractivity contribution is 0.116. The SMILES string of the molecule is CC1c2cc(O)ccc2OC1(C)C. The summed E-state index contributed by atoms with van der Waals surface area (Å²) in [5.74, 6) is 1.54. The van der Waals surface area contributed by atoms with Gasteiger partial charge in [0.15, 0.2) is 0 Å². The summed E-state index contributed by atoms with van der Waals surface area (Å²) in [6.07, 6.45) is 0. The molecule has 70 valence electrons. The summed E-state index contributed by atoms with van der Waals surface area (Å²) >= 11 is 0. The Morgan fingerprint density at radius 1 is 1.38 bits per heavy atom. The third-order valence-electron chi connectivity index (χ3n) is 2.88. The van der Waals surface area contributed by atoms with Crippen LogP contribution in [0.25, 0.3) is 0 Å². The van der Waals surface area contributed by atoms with Crippen molar-refractivity contribution < 1.29 is 9.84 Å². The fourth-order valence-electron chi connectivity index (χ4n) is 1.71. The summed E-state index contributed by atoms with van der Waals surface area (Å²) < 4.78 is 5.75. The maximum atomic E-state index is 9.33. The van der Waals surface area contributed by atoms with Crippen molar-refractivity contribution in [3.63, 3.8) is 0 Å². The van der Waals surface area contributed by atoms with Crippen molar-refractivity contribution in [2.45, 2.75) is 32.3 Å². The highest BCUT2D eigenvalue weighted by atomic mass is 16.5. The predicted octanol–water partition coefficient (Wildman–Crippen LogP) is 2.67. The predicted molar refractivity (Wildman–Crippen MR) is 51.2 cm³/mol. The lowest BCUT2D eigenvalue weighted by Gasteiger charge is -2.22. The number of benzene rings is 1. The van der Waals surface area contributed by atoms with E-state index in [1.165, 1.54) is 0 Å². The number of fused-ring (bicyclic) bond motifs is 1. The molecule has 2 rings (SSSR count). The zero-order valence-electron chi connectivity index (χ0n) is 8.16. The number of ether oxygens (including phenoxy) is 1. The van der Waals surface area contributed by atoms with E-state index in [0.717, 1.165) is 11.3 Å². The number of hydrogen-bond acceptors (Lipinski definition) is 2. The molecule has 13 heavy (non-hydrogen) atoms. The molecule has 0 saturated carbocycles. The van der Waals surface area contributed by atoms with Gasteiger partial charge in [-0.2, -0.15) is 0 Å². The fraction of sp³-hybridized carbons (Fsp3) is 0.455. The third kappa shape index (κ3) is 1.17. The van der Waals surface area contributed by atoms with E-state index in [1.54, 1.807) is 12.1 Å². The Kier molecular flexibility index (Phi) is 1.56. The zero-order chi connectivity index (χ0) is 9.64. The van der Waals surface area contributed by atoms with Crippen molar-refractivity contribution in [3.8, 4) is 11.5 Å². The largest absolute Gasteiger partial charge is 0.508 e. The van der Waals surface area contributed by atoms with Gasteiger partial charge in [-0.25, -0.2) is 0 Å². The molecule has 0 bridgehead atoms. The molecular formula is C11H14O2. The number of phenols is 1. The van der Waals surface area contributed by atoms with Crippen LogP contribution in [0.4, 0.5) is 0 Å². The lowest BCUT2D eigenvalue weighted by Crippen LogP contribution is -2.28. The van der Waals surface area contributed by atoms with Gasteiger partial charge in [0.1, 0.15) is 17.1 Å². The van der Waals surface area contributed by atoms with E-state index in [0.29, 0.717) is 11.7 Å². The van der Waals surface area contributed by atoms with Crippen molar-refractivity contribution in [1.82, 2.24) is 0 Å². The highest BCUT2D eigenvalue weighted by molar-refractivity contribution is 5.46. The second-order valence-electron chi connectivity index (χ2n) is 4.15. The van der Waals surface area contributed by atoms with Gasteiger partial charge in [0.05, 0.1) is 0 Å². The summed E-state index contributed by atoms with van der Waals surface area (Å²) in [4.78, 5) is 0. The summed E-state index contributed by atoms with van der Waals surface area (Å²) in [6, 6.07) is 5.28. The Bertz CT molecular complexity index is 342. The van der Waals surface area contributed by atoms with Gasteiger partial charge in [0.25, 0.3) is 0 Å². The van der Waals surface area contributed by atoms with Crippen LogP contribution in [0, 0.1) is 0 Å². The maximum Gasteiger partial charge on any atom is 0.124 e. The molecule has 0 aliphatic carbocycles. The Hall–Kier alpha value is -1.18. The van der Waals surface area contributed by atoms with Crippen LogP contribution < -0.4 is 4.74 Å². The summed E-state index contributed by atoms with van der Waals surface area (Å²) in [6.45, 7) is 6.24. The average Bonchev–Trinajstić information content (AvgIpc) is 2.26. The van der Waals surface area contributed by atoms with Crippen molar-refractivity contribution in [2.24, 2.45) is 0 Å². The minimum atomic E-state index is -0.157. The molecule has 1 aliphatic rings. The molecule has 1 aromatic carbocycles. The van der Waals surface area contributed by atoms with Crippen molar-refractivity contribution in [1.29, 1.82) is 0 Å². The van der Waals surface area contributed by atoms with Crippen LogP contribution in [0.1, 0.15) is 32.3 Å². The Balaban J connectivity index is 2.51. The van der Waals surface area contributed by atoms with Gasteiger partial charge in [0, 0.05) is 11.5 Å². The molecule has 0 fully saturated rings. The second-order valence-corrected chi connectivity index (χ2v) is 4.15. The molecule has 0 saturated heterocycles. The molecule has 1 aromatic rings. The van der Waals surface area contributed by atoms with Crippen LogP contribution in [0.3, 0.4) is 0 Å². The number of rotatable bonds is 0. The summed E-state index contributed by atoms with van der Waals surface area (Å²) in [5.41, 5.74) is 0.945. The van der Waals surface area contributed by atoms with E-state index in [4.69, 9.17) is 4.74 Å². The monoisotopic (exact) mass is 178 g/mol. The van der Waals surface area contributed by atoms with Gasteiger partial charge in [-0.15, -0.1) is 0 Å². The molecule has 0 radical (unpaired) electrons. The second kappa shape index (κ2) is 2.41. The van der Waals surface area contributed by atoms with Crippen LogP contribution in [-0.2, 0) is 0 Å². The standard InChI is InChI=1S/C11H14O2/c1-7-9-6-8(12)4-5-10(9)13-11(7,2)3/h4-7,12H,1-3H3. The van der Waals surface area contributed by atoms with Gasteiger partial charge >= 0.3 is 0 Å². The minimum absolute atomic E-state index is 0.157. The quantitative estimate of drug-likeness (QED) is 0.661. The molecule has 1 aliphatic heterocycles. The number of aromatic hydroxyl groups is 1. The molecule has 1 heterocycles. The van der Waals surface area contributed by atoms with E-state index in [2.05, 4.69) is 20.8 Å². The van der Waals surface area contributed by atoms with Crippen molar-refractivity contribution in [3.05, 3.63) is 23.8 Å². The maximum absolute atomic E-state index is 9.33. The highest BCUT2D eigenvalue weighted by Gasteiger charge is 2.37. The Morgan fingerprint density at radius 2 is 2.08 bits per heavy atom. The molecule has 1 atom stereocenters. The Morgan fingerprint density at radius 3 is 2.77 bits per heavy atom. The van der Waals surface area contributed by atoms with Crippen LogP contribution in [0.5, 0.6) is 11.5 Å². The first kappa shape index (κ1) is 8.42. The van der Waals surface area contributed by atoms with E-state index >= 15 is 0 Å². The normalized spacial score (nSPS) is 23.8. The van der Waals surface area contributed by atoms with Gasteiger partial charge < -0.3 is 9.84 Å². The van der Waals surface area contributed by atoms with Crippen LogP contribution in [0.15, 0.2) is 18.2 Å². The third-order valence-corrected chi connectivity index (χ3v) is 2.88. The van der Waals surface area contributed by atoms with E-state index in [1.807, 2.05) is 6.07 Å². The molecule has 2 nitrogen and oxygen atoms in total. The van der Waals surface area contributed by atoms with Gasteiger partial charge in [-0.3, -0.25) is 0 Å². The first-order valence-electron chi connectivity index (χ1n) is 4.52. The van der Waals surface area contributed by atoms with Crippen molar-refractivity contribution in [2.75, 3.05) is 0 Å². The molecule has 0 amide bonds. The highest BCUT2D eigenvalue weighted by Crippen LogP contribution is 2.45. The Labute approximate surface area is 78.2 Å². The van der Waals surface area contributed by atoms with Gasteiger partial charge in [-0.05, 0) is 32.0 Å². The summed E-state index contributed by atoms with van der Waals surface area (Å²) in [7, 11) is 0. The van der Waals surface area contributed by atoms with Crippen LogP contribution >= 0.6 is 0 Å². The molecule has 0 aromatic heterocycles. The zero-order valence-corrected chi connectivity index (χ0v) is 8.16. The molecule has 0 spiro atoms. The molecular weight excluding hydrogens is 164 g/mol. The van der Waals surface area contributed by atoms with E-state index in [9.17, 15) is 5.11 Å². The van der Waals surface area contributed by atoms with Crippen molar-refractivity contribution >= 4 is 0 Å².